The van der Waals surface area contributed by atoms with Gasteiger partial charge in [0.2, 0.25) is 0 Å². The zero-order valence-corrected chi connectivity index (χ0v) is 12.1. The summed E-state index contributed by atoms with van der Waals surface area (Å²) in [6.45, 7) is 5.40. The minimum absolute atomic E-state index is 0.0665. The van der Waals surface area contributed by atoms with Gasteiger partial charge in [-0.25, -0.2) is 4.79 Å². The molecular formula is C15H23N3O2. The lowest BCUT2D eigenvalue weighted by atomic mass is 10.1. The van der Waals surface area contributed by atoms with Gasteiger partial charge in [0.05, 0.1) is 0 Å². The Bertz CT molecular complexity index is 441. The summed E-state index contributed by atoms with van der Waals surface area (Å²) >= 11 is 0. The number of amides is 3. The minimum Gasteiger partial charge on any atom is -0.352 e. The van der Waals surface area contributed by atoms with Crippen LogP contribution in [0.5, 0.6) is 0 Å². The van der Waals surface area contributed by atoms with Gasteiger partial charge in [0.15, 0.2) is 0 Å². The summed E-state index contributed by atoms with van der Waals surface area (Å²) in [7, 11) is 0. The fourth-order valence-corrected chi connectivity index (χ4v) is 1.78. The Hall–Kier alpha value is -2.04. The van der Waals surface area contributed by atoms with Gasteiger partial charge in [0.25, 0.3) is 5.91 Å². The number of nitrogens with two attached hydrogens (primary N) is 1. The van der Waals surface area contributed by atoms with Crippen molar-refractivity contribution < 1.29 is 9.59 Å². The Balaban J connectivity index is 2.39. The highest BCUT2D eigenvalue weighted by Crippen LogP contribution is 2.05. The van der Waals surface area contributed by atoms with Crippen LogP contribution < -0.4 is 16.4 Å². The van der Waals surface area contributed by atoms with Crippen LogP contribution in [0, 0.1) is 5.92 Å². The van der Waals surface area contributed by atoms with Crippen LogP contribution in [0.25, 0.3) is 0 Å². The van der Waals surface area contributed by atoms with E-state index in [2.05, 4.69) is 24.5 Å². The van der Waals surface area contributed by atoms with E-state index in [1.807, 2.05) is 0 Å². The third-order valence-corrected chi connectivity index (χ3v) is 2.93. The van der Waals surface area contributed by atoms with Crippen molar-refractivity contribution in [3.05, 3.63) is 35.4 Å². The molecule has 5 heteroatoms. The van der Waals surface area contributed by atoms with E-state index >= 15 is 0 Å². The molecule has 0 atom stereocenters. The molecule has 1 aromatic rings. The van der Waals surface area contributed by atoms with E-state index in [0.29, 0.717) is 24.6 Å². The van der Waals surface area contributed by atoms with Crippen LogP contribution in [0.1, 0.15) is 42.6 Å². The molecule has 0 saturated heterocycles. The number of primary amides is 1. The van der Waals surface area contributed by atoms with Crippen LogP contribution >= 0.6 is 0 Å². The lowest BCUT2D eigenvalue weighted by Crippen LogP contribution is -2.28. The van der Waals surface area contributed by atoms with E-state index in [1.165, 1.54) is 0 Å². The van der Waals surface area contributed by atoms with Gasteiger partial charge in [-0.2, -0.15) is 0 Å². The highest BCUT2D eigenvalue weighted by Gasteiger charge is 2.05. The van der Waals surface area contributed by atoms with Gasteiger partial charge < -0.3 is 16.4 Å². The summed E-state index contributed by atoms with van der Waals surface area (Å²) in [4.78, 5) is 22.5. The second-order valence-electron chi connectivity index (χ2n) is 5.21. The predicted molar refractivity (Wildman–Crippen MR) is 79.3 cm³/mol. The van der Waals surface area contributed by atoms with Gasteiger partial charge in [-0.1, -0.05) is 26.0 Å². The number of hydrogen-bond acceptors (Lipinski definition) is 2. The average Bonchev–Trinajstić information content (AvgIpc) is 2.41. The molecule has 1 rings (SSSR count). The van der Waals surface area contributed by atoms with E-state index in [9.17, 15) is 9.59 Å². The van der Waals surface area contributed by atoms with E-state index in [-0.39, 0.29) is 5.91 Å². The zero-order chi connectivity index (χ0) is 15.0. The summed E-state index contributed by atoms with van der Waals surface area (Å²) in [5.74, 6) is 0.590. The fraction of sp³-hybridized carbons (Fsp3) is 0.467. The molecule has 110 valence electrons. The first-order valence-corrected chi connectivity index (χ1v) is 6.89. The zero-order valence-electron chi connectivity index (χ0n) is 12.1. The molecule has 4 N–H and O–H groups in total. The summed E-state index contributed by atoms with van der Waals surface area (Å²) < 4.78 is 0. The highest BCUT2D eigenvalue weighted by molar-refractivity contribution is 5.94. The van der Waals surface area contributed by atoms with Crippen molar-refractivity contribution in [1.82, 2.24) is 10.6 Å². The number of urea groups is 1. The van der Waals surface area contributed by atoms with E-state index in [1.54, 1.807) is 24.3 Å². The van der Waals surface area contributed by atoms with Crippen LogP contribution in [0.3, 0.4) is 0 Å². The average molecular weight is 277 g/mol. The second kappa shape index (κ2) is 8.19. The monoisotopic (exact) mass is 277 g/mol. The maximum absolute atomic E-state index is 11.9. The quantitative estimate of drug-likeness (QED) is 0.666. The first kappa shape index (κ1) is 16.0. The third kappa shape index (κ3) is 6.22. The normalized spacial score (nSPS) is 10.3. The molecule has 0 aliphatic heterocycles. The Morgan fingerprint density at radius 1 is 1.15 bits per heavy atom. The maximum atomic E-state index is 11.9. The molecule has 0 aliphatic carbocycles. The van der Waals surface area contributed by atoms with E-state index < -0.39 is 6.03 Å². The maximum Gasteiger partial charge on any atom is 0.312 e. The summed E-state index contributed by atoms with van der Waals surface area (Å²) in [5, 5.41) is 5.40. The first-order chi connectivity index (χ1) is 9.49. The molecule has 0 radical (unpaired) electrons. The first-order valence-electron chi connectivity index (χ1n) is 6.89. The van der Waals surface area contributed by atoms with Crippen molar-refractivity contribution in [2.75, 3.05) is 6.54 Å². The van der Waals surface area contributed by atoms with Gasteiger partial charge in [-0.05, 0) is 36.5 Å². The SMILES string of the molecule is CC(C)CCCNC(=O)c1ccc(CNC(N)=O)cc1. The number of carbonyl (C=O) groups is 2. The van der Waals surface area contributed by atoms with Crippen molar-refractivity contribution in [2.24, 2.45) is 11.7 Å². The number of rotatable bonds is 7. The van der Waals surface area contributed by atoms with Crippen molar-refractivity contribution >= 4 is 11.9 Å². The highest BCUT2D eigenvalue weighted by atomic mass is 16.2. The van der Waals surface area contributed by atoms with Crippen molar-refractivity contribution in [2.45, 2.75) is 33.2 Å². The largest absolute Gasteiger partial charge is 0.352 e. The smallest absolute Gasteiger partial charge is 0.312 e. The van der Waals surface area contributed by atoms with Gasteiger partial charge in [0.1, 0.15) is 0 Å². The number of nitrogens with one attached hydrogen (secondary N) is 2. The van der Waals surface area contributed by atoms with Gasteiger partial charge >= 0.3 is 6.03 Å². The van der Waals surface area contributed by atoms with Crippen LogP contribution in [-0.4, -0.2) is 18.5 Å². The minimum atomic E-state index is -0.558. The summed E-state index contributed by atoms with van der Waals surface area (Å²) in [5.41, 5.74) is 6.52. The lowest BCUT2D eigenvalue weighted by molar-refractivity contribution is 0.0952. The molecule has 0 bridgehead atoms. The summed E-state index contributed by atoms with van der Waals surface area (Å²) in [6, 6.07) is 6.54. The Morgan fingerprint density at radius 3 is 2.35 bits per heavy atom. The molecule has 0 aliphatic rings. The molecule has 20 heavy (non-hydrogen) atoms. The number of carbonyl (C=O) groups excluding carboxylic acids is 2. The predicted octanol–water partition coefficient (Wildman–Crippen LogP) is 2.02. The second-order valence-corrected chi connectivity index (χ2v) is 5.21. The fourth-order valence-electron chi connectivity index (χ4n) is 1.78. The van der Waals surface area contributed by atoms with Gasteiger partial charge in [-0.15, -0.1) is 0 Å². The van der Waals surface area contributed by atoms with E-state index in [4.69, 9.17) is 5.73 Å². The molecule has 3 amide bonds. The van der Waals surface area contributed by atoms with Crippen LogP contribution in [-0.2, 0) is 6.54 Å². The molecule has 5 nitrogen and oxygen atoms in total. The lowest BCUT2D eigenvalue weighted by Gasteiger charge is -2.08. The molecular weight excluding hydrogens is 254 g/mol. The molecule has 0 spiro atoms. The molecule has 0 aromatic heterocycles. The molecule has 0 heterocycles. The van der Waals surface area contributed by atoms with Crippen LogP contribution in [0.15, 0.2) is 24.3 Å². The molecule has 0 unspecified atom stereocenters. The third-order valence-electron chi connectivity index (χ3n) is 2.93. The van der Waals surface area contributed by atoms with Gasteiger partial charge in [-0.3, -0.25) is 4.79 Å². The van der Waals surface area contributed by atoms with Crippen molar-refractivity contribution in [3.8, 4) is 0 Å². The topological polar surface area (TPSA) is 84.2 Å². The summed E-state index contributed by atoms with van der Waals surface area (Å²) in [6.07, 6.45) is 2.10. The number of hydrogen-bond donors (Lipinski definition) is 3. The Kier molecular flexibility index (Phi) is 6.56. The van der Waals surface area contributed by atoms with Crippen LogP contribution in [0.2, 0.25) is 0 Å². The molecule has 0 saturated carbocycles. The molecule has 0 fully saturated rings. The van der Waals surface area contributed by atoms with Crippen molar-refractivity contribution in [1.29, 1.82) is 0 Å². The van der Waals surface area contributed by atoms with Crippen molar-refractivity contribution in [3.63, 3.8) is 0 Å². The Morgan fingerprint density at radius 2 is 1.80 bits per heavy atom. The van der Waals surface area contributed by atoms with E-state index in [0.717, 1.165) is 18.4 Å². The Labute approximate surface area is 119 Å². The van der Waals surface area contributed by atoms with Gasteiger partial charge in [0, 0.05) is 18.7 Å². The molecule has 1 aromatic carbocycles. The number of benzene rings is 1. The standard InChI is InChI=1S/C15H23N3O2/c1-11(2)4-3-9-17-14(19)13-7-5-12(6-8-13)10-18-15(16)20/h5-8,11H,3-4,9-10H2,1-2H3,(H,17,19)(H3,16,18,20). The van der Waals surface area contributed by atoms with Crippen LogP contribution in [0.4, 0.5) is 4.79 Å².